The Morgan fingerprint density at radius 3 is 2.60 bits per heavy atom. The molecule has 1 aromatic carbocycles. The Kier molecular flexibility index (Phi) is 4.08. The van der Waals surface area contributed by atoms with Gasteiger partial charge in [-0.25, -0.2) is 27.1 Å². The van der Waals surface area contributed by atoms with Crippen LogP contribution >= 0.6 is 0 Å². The molecule has 8 nitrogen and oxygen atoms in total. The van der Waals surface area contributed by atoms with Crippen molar-refractivity contribution in [2.45, 2.75) is 36.5 Å². The maximum atomic E-state index is 14.5. The Labute approximate surface area is 174 Å². The molecule has 158 valence electrons. The molecule has 2 saturated heterocycles. The number of hydrogen-bond donors (Lipinski definition) is 2. The van der Waals surface area contributed by atoms with Gasteiger partial charge in [-0.1, -0.05) is 30.3 Å². The van der Waals surface area contributed by atoms with Crippen LogP contribution in [0.4, 0.5) is 10.3 Å². The number of aromatic nitrogens is 2. The van der Waals surface area contributed by atoms with Gasteiger partial charge in [0.2, 0.25) is 21.9 Å². The minimum atomic E-state index is -3.79. The summed E-state index contributed by atoms with van der Waals surface area (Å²) in [6.07, 6.45) is 1.81. The SMILES string of the molecule is Cc1nc(N2CC3[C@](c4ccccc4)(C2)NC(=N)N(C)S3(=O)=O)nc(C2CC2)c1F. The van der Waals surface area contributed by atoms with E-state index in [1.165, 1.54) is 7.05 Å². The van der Waals surface area contributed by atoms with Crippen molar-refractivity contribution in [1.82, 2.24) is 19.6 Å². The molecule has 0 bridgehead atoms. The summed E-state index contributed by atoms with van der Waals surface area (Å²) in [4.78, 5) is 10.6. The van der Waals surface area contributed by atoms with Crippen LogP contribution in [0.3, 0.4) is 0 Å². The minimum Gasteiger partial charge on any atom is -0.343 e. The third-order valence-corrected chi connectivity index (χ3v) is 8.56. The molecule has 30 heavy (non-hydrogen) atoms. The summed E-state index contributed by atoms with van der Waals surface area (Å²) in [6.45, 7) is 2.02. The fourth-order valence-electron chi connectivity index (χ4n) is 4.47. The molecule has 1 aromatic heterocycles. The maximum absolute atomic E-state index is 14.5. The van der Waals surface area contributed by atoms with Gasteiger partial charge in [0.25, 0.3) is 0 Å². The number of guanidine groups is 1. The van der Waals surface area contributed by atoms with E-state index in [0.29, 0.717) is 11.6 Å². The lowest BCUT2D eigenvalue weighted by Gasteiger charge is -2.43. The molecule has 0 amide bonds. The highest BCUT2D eigenvalue weighted by atomic mass is 32.2. The van der Waals surface area contributed by atoms with Gasteiger partial charge in [-0.3, -0.25) is 5.41 Å². The molecule has 1 aliphatic carbocycles. The molecule has 1 saturated carbocycles. The Morgan fingerprint density at radius 1 is 1.23 bits per heavy atom. The standard InChI is InChI=1S/C20H23FN6O2S/c1-12-16(21)17(13-8-9-13)24-19(23-12)27-10-15-20(11-27,14-6-4-3-5-7-14)25-18(22)26(2)30(15,28)29/h3-7,13,15H,8-11H2,1-2H3,(H2,22,25)/t15?,20-/m1/s1. The van der Waals surface area contributed by atoms with Crippen molar-refractivity contribution in [1.29, 1.82) is 5.41 Å². The fourth-order valence-corrected chi connectivity index (χ4v) is 6.30. The molecule has 2 aromatic rings. The largest absolute Gasteiger partial charge is 0.343 e. The van der Waals surface area contributed by atoms with Crippen molar-refractivity contribution in [2.24, 2.45) is 0 Å². The lowest BCUT2D eigenvalue weighted by atomic mass is 9.88. The van der Waals surface area contributed by atoms with Crippen LogP contribution in [0.5, 0.6) is 0 Å². The van der Waals surface area contributed by atoms with Crippen LogP contribution in [-0.4, -0.2) is 54.0 Å². The molecular weight excluding hydrogens is 407 g/mol. The third kappa shape index (κ3) is 2.69. The van der Waals surface area contributed by atoms with Crippen LogP contribution in [0, 0.1) is 18.2 Å². The molecule has 10 heteroatoms. The summed E-state index contributed by atoms with van der Waals surface area (Å²) in [5.41, 5.74) is 0.447. The van der Waals surface area contributed by atoms with Gasteiger partial charge in [-0.05, 0) is 25.3 Å². The lowest BCUT2D eigenvalue weighted by molar-refractivity contribution is 0.380. The average molecular weight is 431 g/mol. The Balaban J connectivity index is 1.63. The number of nitrogens with one attached hydrogen (secondary N) is 2. The smallest absolute Gasteiger partial charge is 0.244 e. The normalized spacial score (nSPS) is 27.7. The van der Waals surface area contributed by atoms with Crippen molar-refractivity contribution in [3.8, 4) is 0 Å². The van der Waals surface area contributed by atoms with Crippen LogP contribution in [0.25, 0.3) is 0 Å². The maximum Gasteiger partial charge on any atom is 0.244 e. The van der Waals surface area contributed by atoms with Gasteiger partial charge in [0, 0.05) is 26.1 Å². The van der Waals surface area contributed by atoms with E-state index in [1.54, 1.807) is 11.8 Å². The summed E-state index contributed by atoms with van der Waals surface area (Å²) in [7, 11) is -2.41. The van der Waals surface area contributed by atoms with E-state index in [1.807, 2.05) is 30.3 Å². The van der Waals surface area contributed by atoms with E-state index in [4.69, 9.17) is 5.41 Å². The van der Waals surface area contributed by atoms with Crippen molar-refractivity contribution < 1.29 is 12.8 Å². The lowest BCUT2D eigenvalue weighted by Crippen LogP contribution is -2.66. The van der Waals surface area contributed by atoms with Gasteiger partial charge in [0.05, 0.1) is 11.4 Å². The molecule has 5 rings (SSSR count). The van der Waals surface area contributed by atoms with Gasteiger partial charge in [-0.2, -0.15) is 0 Å². The van der Waals surface area contributed by atoms with E-state index < -0.39 is 20.8 Å². The Hall–Kier alpha value is -2.75. The second kappa shape index (κ2) is 6.37. The molecule has 3 fully saturated rings. The zero-order chi connectivity index (χ0) is 21.3. The van der Waals surface area contributed by atoms with E-state index in [0.717, 1.165) is 22.7 Å². The van der Waals surface area contributed by atoms with E-state index in [-0.39, 0.29) is 36.5 Å². The molecule has 2 aliphatic heterocycles. The van der Waals surface area contributed by atoms with Crippen molar-refractivity contribution in [3.05, 3.63) is 53.1 Å². The number of rotatable bonds is 3. The number of fused-ring (bicyclic) bond motifs is 1. The molecule has 3 heterocycles. The number of halogens is 1. The Bertz CT molecular complexity index is 1140. The zero-order valence-corrected chi connectivity index (χ0v) is 17.6. The second-order valence-electron chi connectivity index (χ2n) is 8.28. The van der Waals surface area contributed by atoms with Crippen LogP contribution in [0.1, 0.15) is 35.7 Å². The number of hydrogen-bond acceptors (Lipinski definition) is 6. The number of nitrogens with zero attached hydrogens (tertiary/aromatic N) is 4. The van der Waals surface area contributed by atoms with Crippen molar-refractivity contribution in [2.75, 3.05) is 25.0 Å². The third-order valence-electron chi connectivity index (χ3n) is 6.34. The molecule has 0 spiro atoms. The highest BCUT2D eigenvalue weighted by Gasteiger charge is 2.60. The summed E-state index contributed by atoms with van der Waals surface area (Å²) >= 11 is 0. The molecule has 2 atom stereocenters. The average Bonchev–Trinajstić information content (AvgIpc) is 3.49. The van der Waals surface area contributed by atoms with Crippen LogP contribution in [-0.2, 0) is 15.6 Å². The monoisotopic (exact) mass is 430 g/mol. The minimum absolute atomic E-state index is 0.111. The van der Waals surface area contributed by atoms with Gasteiger partial charge in [0.1, 0.15) is 10.8 Å². The highest BCUT2D eigenvalue weighted by molar-refractivity contribution is 7.90. The summed E-state index contributed by atoms with van der Waals surface area (Å²) in [5.74, 6) is -0.0963. The predicted molar refractivity (Wildman–Crippen MR) is 110 cm³/mol. The Morgan fingerprint density at radius 2 is 1.93 bits per heavy atom. The van der Waals surface area contributed by atoms with E-state index >= 15 is 0 Å². The van der Waals surface area contributed by atoms with Gasteiger partial charge >= 0.3 is 0 Å². The molecule has 1 unspecified atom stereocenters. The van der Waals surface area contributed by atoms with Crippen molar-refractivity contribution >= 4 is 21.9 Å². The summed E-state index contributed by atoms with van der Waals surface area (Å²) < 4.78 is 42.1. The number of anilines is 1. The summed E-state index contributed by atoms with van der Waals surface area (Å²) in [6, 6.07) is 9.30. The fraction of sp³-hybridized carbons (Fsp3) is 0.450. The van der Waals surface area contributed by atoms with Crippen LogP contribution in [0.15, 0.2) is 30.3 Å². The highest BCUT2D eigenvalue weighted by Crippen LogP contribution is 2.43. The first-order valence-corrected chi connectivity index (χ1v) is 11.4. The van der Waals surface area contributed by atoms with Crippen LogP contribution in [0.2, 0.25) is 0 Å². The van der Waals surface area contributed by atoms with Gasteiger partial charge in [0.15, 0.2) is 5.82 Å². The van der Waals surface area contributed by atoms with Crippen molar-refractivity contribution in [3.63, 3.8) is 0 Å². The topological polar surface area (TPSA) is 102 Å². The first-order chi connectivity index (χ1) is 14.2. The number of aryl methyl sites for hydroxylation is 1. The first-order valence-electron chi connectivity index (χ1n) is 9.93. The predicted octanol–water partition coefficient (Wildman–Crippen LogP) is 1.69. The zero-order valence-electron chi connectivity index (χ0n) is 16.8. The number of sulfonamides is 1. The first kappa shape index (κ1) is 19.2. The molecule has 3 aliphatic rings. The molecule has 2 N–H and O–H groups in total. The van der Waals surface area contributed by atoms with E-state index in [2.05, 4.69) is 15.3 Å². The van der Waals surface area contributed by atoms with E-state index in [9.17, 15) is 12.8 Å². The number of benzene rings is 1. The quantitative estimate of drug-likeness (QED) is 0.768. The summed E-state index contributed by atoms with van der Waals surface area (Å²) in [5, 5.41) is 10.5. The van der Waals surface area contributed by atoms with Gasteiger partial charge < -0.3 is 10.2 Å². The second-order valence-corrected chi connectivity index (χ2v) is 10.4. The van der Waals surface area contributed by atoms with Crippen LogP contribution < -0.4 is 10.2 Å². The van der Waals surface area contributed by atoms with Gasteiger partial charge in [-0.15, -0.1) is 0 Å². The molecule has 0 radical (unpaired) electrons. The molecular formula is C20H23FN6O2S.